The quantitative estimate of drug-likeness (QED) is 0.819. The van der Waals surface area contributed by atoms with Crippen molar-refractivity contribution in [3.05, 3.63) is 0 Å². The molecule has 4 aliphatic heterocycles. The molecule has 1 saturated carbocycles. The van der Waals surface area contributed by atoms with E-state index in [1.165, 1.54) is 45.2 Å². The minimum atomic E-state index is 0.122. The average Bonchev–Trinajstić information content (AvgIpc) is 3.26. The number of hydrogen-bond acceptors (Lipinski definition) is 3. The molecule has 4 heterocycles. The van der Waals surface area contributed by atoms with Gasteiger partial charge in [0.2, 0.25) is 5.91 Å². The van der Waals surface area contributed by atoms with Crippen LogP contribution in [0.3, 0.4) is 0 Å². The summed E-state index contributed by atoms with van der Waals surface area (Å²) in [6.07, 6.45) is 7.36. The lowest BCUT2D eigenvalue weighted by Gasteiger charge is -2.50. The van der Waals surface area contributed by atoms with Gasteiger partial charge in [0, 0.05) is 25.2 Å². The zero-order valence-electron chi connectivity index (χ0n) is 11.7. The highest BCUT2D eigenvalue weighted by Crippen LogP contribution is 2.33. The van der Waals surface area contributed by atoms with E-state index in [2.05, 4.69) is 15.1 Å². The second-order valence-corrected chi connectivity index (χ2v) is 6.87. The smallest absolute Gasteiger partial charge is 0.240 e. The maximum absolute atomic E-state index is 12.7. The Morgan fingerprint density at radius 1 is 1.00 bits per heavy atom. The van der Waals surface area contributed by atoms with Gasteiger partial charge in [0.1, 0.15) is 0 Å². The maximum atomic E-state index is 12.7. The summed E-state index contributed by atoms with van der Waals surface area (Å²) in [4.78, 5) is 17.5. The normalized spacial score (nSPS) is 42.7. The Hall–Kier alpha value is -0.610. The third-order valence-electron chi connectivity index (χ3n) is 5.51. The van der Waals surface area contributed by atoms with Gasteiger partial charge in [-0.1, -0.05) is 0 Å². The molecule has 19 heavy (non-hydrogen) atoms. The molecule has 0 spiro atoms. The molecule has 0 radical (unpaired) electrons. The number of likely N-dealkylation sites (tertiary alicyclic amines) is 1. The third-order valence-corrected chi connectivity index (χ3v) is 5.51. The van der Waals surface area contributed by atoms with E-state index in [9.17, 15) is 4.79 Å². The molecule has 4 heteroatoms. The van der Waals surface area contributed by atoms with Gasteiger partial charge in [0.25, 0.3) is 0 Å². The molecule has 5 aliphatic rings. The van der Waals surface area contributed by atoms with Crippen molar-refractivity contribution in [3.8, 4) is 0 Å². The molecule has 1 aliphatic carbocycles. The Balaban J connectivity index is 1.45. The number of hydrogen-bond donors (Lipinski definition) is 1. The number of carbonyl (C=O) groups is 1. The molecule has 2 unspecified atom stereocenters. The van der Waals surface area contributed by atoms with Gasteiger partial charge in [-0.25, -0.2) is 0 Å². The summed E-state index contributed by atoms with van der Waals surface area (Å²) in [5, 5.41) is 3.55. The number of amides is 1. The fraction of sp³-hybridized carbons (Fsp3) is 0.933. The number of nitrogens with one attached hydrogen (secondary N) is 1. The van der Waals surface area contributed by atoms with Gasteiger partial charge in [-0.15, -0.1) is 0 Å². The van der Waals surface area contributed by atoms with Crippen LogP contribution in [0.4, 0.5) is 0 Å². The predicted molar refractivity (Wildman–Crippen MR) is 73.8 cm³/mol. The zero-order chi connectivity index (χ0) is 12.8. The lowest BCUT2D eigenvalue weighted by atomic mass is 9.82. The molecular formula is C15H25N3O. The summed E-state index contributed by atoms with van der Waals surface area (Å²) in [7, 11) is 0. The van der Waals surface area contributed by atoms with Crippen molar-refractivity contribution >= 4 is 5.91 Å². The summed E-state index contributed by atoms with van der Waals surface area (Å²) in [6, 6.07) is 1.27. The van der Waals surface area contributed by atoms with Crippen LogP contribution in [0.15, 0.2) is 0 Å². The van der Waals surface area contributed by atoms with Crippen molar-refractivity contribution in [2.24, 2.45) is 5.92 Å². The Bertz CT molecular complexity index is 360. The molecule has 0 aromatic carbocycles. The molecule has 0 aromatic rings. The lowest BCUT2D eigenvalue weighted by molar-refractivity contribution is -0.143. The van der Waals surface area contributed by atoms with Crippen LogP contribution in [-0.4, -0.2) is 60.0 Å². The lowest BCUT2D eigenvalue weighted by Crippen LogP contribution is -2.63. The van der Waals surface area contributed by atoms with E-state index in [1.807, 2.05) is 0 Å². The highest BCUT2D eigenvalue weighted by Gasteiger charge is 2.42. The van der Waals surface area contributed by atoms with Crippen LogP contribution in [0, 0.1) is 5.92 Å². The summed E-state index contributed by atoms with van der Waals surface area (Å²) in [5.74, 6) is 1.17. The van der Waals surface area contributed by atoms with Gasteiger partial charge in [0.05, 0.1) is 6.04 Å². The molecular weight excluding hydrogens is 238 g/mol. The van der Waals surface area contributed by atoms with Gasteiger partial charge in [0.15, 0.2) is 0 Å². The predicted octanol–water partition coefficient (Wildman–Crippen LogP) is 0.824. The first-order valence-corrected chi connectivity index (χ1v) is 8.10. The Morgan fingerprint density at radius 2 is 1.79 bits per heavy atom. The van der Waals surface area contributed by atoms with Crippen LogP contribution < -0.4 is 5.32 Å². The van der Waals surface area contributed by atoms with Crippen LogP contribution >= 0.6 is 0 Å². The zero-order valence-corrected chi connectivity index (χ0v) is 11.7. The van der Waals surface area contributed by atoms with E-state index < -0.39 is 0 Å². The summed E-state index contributed by atoms with van der Waals surface area (Å²) >= 11 is 0. The van der Waals surface area contributed by atoms with Crippen molar-refractivity contribution in [2.75, 3.05) is 26.2 Å². The molecule has 0 aromatic heterocycles. The number of carbonyl (C=O) groups excluding carboxylic acids is 1. The van der Waals surface area contributed by atoms with Crippen molar-refractivity contribution in [1.29, 1.82) is 0 Å². The van der Waals surface area contributed by atoms with E-state index in [0.29, 0.717) is 18.0 Å². The van der Waals surface area contributed by atoms with E-state index in [0.717, 1.165) is 25.4 Å². The molecule has 5 fully saturated rings. The second-order valence-electron chi connectivity index (χ2n) is 6.87. The van der Waals surface area contributed by atoms with E-state index in [1.54, 1.807) is 0 Å². The second kappa shape index (κ2) is 4.74. The van der Waals surface area contributed by atoms with Crippen LogP contribution in [0.5, 0.6) is 0 Å². The molecule has 4 saturated heterocycles. The number of nitrogens with zero attached hydrogens (tertiary/aromatic N) is 2. The monoisotopic (exact) mass is 263 g/mol. The van der Waals surface area contributed by atoms with Crippen molar-refractivity contribution in [1.82, 2.24) is 15.1 Å². The summed E-state index contributed by atoms with van der Waals surface area (Å²) < 4.78 is 0. The SMILES string of the molecule is O=C1C(NC2CC2)CCCN1C1CN2CCC1CC2. The topological polar surface area (TPSA) is 35.6 Å². The van der Waals surface area contributed by atoms with E-state index in [4.69, 9.17) is 0 Å². The van der Waals surface area contributed by atoms with Crippen molar-refractivity contribution < 1.29 is 4.79 Å². The molecule has 4 nitrogen and oxygen atoms in total. The number of rotatable bonds is 3. The molecule has 5 rings (SSSR count). The minimum Gasteiger partial charge on any atom is -0.337 e. The summed E-state index contributed by atoms with van der Waals surface area (Å²) in [5.41, 5.74) is 0. The standard InChI is InChI=1S/C15H25N3O/c19-15-13(16-12-3-4-12)2-1-7-18(15)14-10-17-8-5-11(14)6-9-17/h11-14,16H,1-10H2. The molecule has 106 valence electrons. The highest BCUT2D eigenvalue weighted by molar-refractivity contribution is 5.83. The van der Waals surface area contributed by atoms with E-state index in [-0.39, 0.29) is 6.04 Å². The highest BCUT2D eigenvalue weighted by atomic mass is 16.2. The van der Waals surface area contributed by atoms with E-state index >= 15 is 0 Å². The fourth-order valence-electron chi connectivity index (χ4n) is 4.20. The first-order chi connectivity index (χ1) is 9.31. The molecule has 1 amide bonds. The van der Waals surface area contributed by atoms with Crippen LogP contribution in [0.25, 0.3) is 0 Å². The van der Waals surface area contributed by atoms with Crippen molar-refractivity contribution in [2.45, 2.75) is 56.7 Å². The number of piperidine rings is 4. The van der Waals surface area contributed by atoms with Crippen LogP contribution in [0.2, 0.25) is 0 Å². The van der Waals surface area contributed by atoms with Gasteiger partial charge in [-0.05, 0) is 57.5 Å². The fourth-order valence-corrected chi connectivity index (χ4v) is 4.20. The van der Waals surface area contributed by atoms with Crippen LogP contribution in [-0.2, 0) is 4.79 Å². The molecule has 1 N–H and O–H groups in total. The maximum Gasteiger partial charge on any atom is 0.240 e. The average molecular weight is 263 g/mol. The van der Waals surface area contributed by atoms with Gasteiger partial charge in [-0.3, -0.25) is 4.79 Å². The Kier molecular flexibility index (Phi) is 3.03. The molecule has 2 bridgehead atoms. The Morgan fingerprint density at radius 3 is 2.42 bits per heavy atom. The van der Waals surface area contributed by atoms with Gasteiger partial charge < -0.3 is 15.1 Å². The van der Waals surface area contributed by atoms with Crippen molar-refractivity contribution in [3.63, 3.8) is 0 Å². The minimum absolute atomic E-state index is 0.122. The largest absolute Gasteiger partial charge is 0.337 e. The van der Waals surface area contributed by atoms with Gasteiger partial charge in [-0.2, -0.15) is 0 Å². The first-order valence-electron chi connectivity index (χ1n) is 8.10. The molecule has 2 atom stereocenters. The summed E-state index contributed by atoms with van der Waals surface area (Å²) in [6.45, 7) is 4.64. The third kappa shape index (κ3) is 2.29. The number of fused-ring (bicyclic) bond motifs is 3. The van der Waals surface area contributed by atoms with Gasteiger partial charge >= 0.3 is 0 Å². The van der Waals surface area contributed by atoms with Crippen LogP contribution in [0.1, 0.15) is 38.5 Å². The Labute approximate surface area is 115 Å². The first kappa shape index (κ1) is 12.2.